The molecule has 2 atom stereocenters. The largest absolute Gasteiger partial charge is 0.391 e. The van der Waals surface area contributed by atoms with Crippen LogP contribution < -0.4 is 0 Å². The maximum Gasteiger partial charge on any atom is 0.0774 e. The zero-order chi connectivity index (χ0) is 8.27. The molecule has 1 fully saturated rings. The van der Waals surface area contributed by atoms with Crippen LogP contribution in [0.25, 0.3) is 0 Å². The van der Waals surface area contributed by atoms with E-state index in [0.29, 0.717) is 12.7 Å². The minimum atomic E-state index is -0.228. The van der Waals surface area contributed by atoms with E-state index in [1.165, 1.54) is 0 Å². The highest BCUT2D eigenvalue weighted by atomic mass is 16.5. The van der Waals surface area contributed by atoms with Gasteiger partial charge in [0, 0.05) is 6.54 Å². The van der Waals surface area contributed by atoms with Crippen molar-refractivity contribution in [3.63, 3.8) is 0 Å². The summed E-state index contributed by atoms with van der Waals surface area (Å²) in [6.45, 7) is 1.48. The summed E-state index contributed by atoms with van der Waals surface area (Å²) in [5.41, 5.74) is 0. The van der Waals surface area contributed by atoms with Crippen molar-refractivity contribution in [2.24, 2.45) is 0 Å². The van der Waals surface area contributed by atoms with Gasteiger partial charge in [0.1, 0.15) is 0 Å². The van der Waals surface area contributed by atoms with Gasteiger partial charge in [-0.1, -0.05) is 0 Å². The first-order valence-electron chi connectivity index (χ1n) is 4.13. The fraction of sp³-hybridized carbons (Fsp3) is 1.00. The predicted molar refractivity (Wildman–Crippen MR) is 43.5 cm³/mol. The topological polar surface area (TPSA) is 32.7 Å². The first-order chi connectivity index (χ1) is 5.18. The molecule has 1 N–H and O–H groups in total. The number of hydrogen-bond acceptors (Lipinski definition) is 3. The number of aliphatic hydroxyl groups excluding tert-OH is 1. The molecule has 0 bridgehead atoms. The van der Waals surface area contributed by atoms with Crippen LogP contribution in [-0.4, -0.2) is 49.5 Å². The fourth-order valence-corrected chi connectivity index (χ4v) is 1.34. The maximum absolute atomic E-state index is 9.12. The maximum atomic E-state index is 9.12. The van der Waals surface area contributed by atoms with E-state index in [1.807, 2.05) is 14.1 Å². The Bertz CT molecular complexity index is 109. The molecule has 2 unspecified atom stereocenters. The summed E-state index contributed by atoms with van der Waals surface area (Å²) in [5, 5.41) is 9.12. The molecule has 0 aromatic heterocycles. The smallest absolute Gasteiger partial charge is 0.0774 e. The molecule has 1 heterocycles. The van der Waals surface area contributed by atoms with E-state index in [2.05, 4.69) is 4.90 Å². The molecule has 0 spiro atoms. The van der Waals surface area contributed by atoms with Crippen LogP contribution in [-0.2, 0) is 4.74 Å². The lowest BCUT2D eigenvalue weighted by atomic mass is 10.1. The highest BCUT2D eigenvalue weighted by Crippen LogP contribution is 2.13. The van der Waals surface area contributed by atoms with E-state index in [4.69, 9.17) is 9.84 Å². The average molecular weight is 159 g/mol. The molecule has 0 amide bonds. The molecular formula is C8H17NO2. The van der Waals surface area contributed by atoms with Gasteiger partial charge in [-0.2, -0.15) is 0 Å². The van der Waals surface area contributed by atoms with Crippen molar-refractivity contribution in [1.82, 2.24) is 4.90 Å². The molecule has 3 nitrogen and oxygen atoms in total. The van der Waals surface area contributed by atoms with Crippen LogP contribution in [0, 0.1) is 0 Å². The second kappa shape index (κ2) is 4.04. The Labute approximate surface area is 68.0 Å². The number of aliphatic hydroxyl groups is 1. The van der Waals surface area contributed by atoms with Crippen molar-refractivity contribution in [3.05, 3.63) is 0 Å². The Morgan fingerprint density at radius 1 is 1.45 bits per heavy atom. The molecule has 0 aliphatic carbocycles. The van der Waals surface area contributed by atoms with E-state index in [-0.39, 0.29) is 6.10 Å². The molecule has 11 heavy (non-hydrogen) atoms. The quantitative estimate of drug-likeness (QED) is 0.619. The van der Waals surface area contributed by atoms with Gasteiger partial charge in [0.2, 0.25) is 0 Å². The Balaban J connectivity index is 2.17. The van der Waals surface area contributed by atoms with Crippen LogP contribution in [0.1, 0.15) is 12.8 Å². The Hall–Kier alpha value is -0.120. The molecule has 0 radical (unpaired) electrons. The number of hydrogen-bond donors (Lipinski definition) is 1. The van der Waals surface area contributed by atoms with Gasteiger partial charge in [-0.05, 0) is 26.9 Å². The van der Waals surface area contributed by atoms with Gasteiger partial charge in [-0.3, -0.25) is 0 Å². The minimum Gasteiger partial charge on any atom is -0.391 e. The molecule has 66 valence electrons. The van der Waals surface area contributed by atoms with Gasteiger partial charge in [0.25, 0.3) is 0 Å². The van der Waals surface area contributed by atoms with E-state index in [9.17, 15) is 0 Å². The molecule has 1 saturated heterocycles. The fourth-order valence-electron chi connectivity index (χ4n) is 1.34. The van der Waals surface area contributed by atoms with E-state index in [0.717, 1.165) is 19.4 Å². The summed E-state index contributed by atoms with van der Waals surface area (Å²) in [4.78, 5) is 2.11. The zero-order valence-electron chi connectivity index (χ0n) is 7.29. The van der Waals surface area contributed by atoms with Crippen LogP contribution in [0.2, 0.25) is 0 Å². The monoisotopic (exact) mass is 159 g/mol. The first-order valence-corrected chi connectivity index (χ1v) is 4.13. The molecular weight excluding hydrogens is 142 g/mol. The number of likely N-dealkylation sites (N-methyl/N-ethyl adjacent to an activating group) is 1. The van der Waals surface area contributed by atoms with E-state index >= 15 is 0 Å². The van der Waals surface area contributed by atoms with Crippen LogP contribution in [0.3, 0.4) is 0 Å². The SMILES string of the molecule is CN(C)CC1CCC(O)CO1. The van der Waals surface area contributed by atoms with Gasteiger partial charge in [-0.25, -0.2) is 0 Å². The predicted octanol–water partition coefficient (Wildman–Crippen LogP) is 0.0879. The Morgan fingerprint density at radius 2 is 2.18 bits per heavy atom. The summed E-state index contributed by atoms with van der Waals surface area (Å²) in [5.74, 6) is 0. The summed E-state index contributed by atoms with van der Waals surface area (Å²) in [6, 6.07) is 0. The average Bonchev–Trinajstić information content (AvgIpc) is 1.93. The van der Waals surface area contributed by atoms with Crippen LogP contribution in [0.15, 0.2) is 0 Å². The van der Waals surface area contributed by atoms with Gasteiger partial charge in [-0.15, -0.1) is 0 Å². The Kier molecular flexibility index (Phi) is 3.30. The third kappa shape index (κ3) is 3.18. The molecule has 0 saturated carbocycles. The lowest BCUT2D eigenvalue weighted by Gasteiger charge is -2.28. The molecule has 0 aromatic carbocycles. The van der Waals surface area contributed by atoms with Crippen LogP contribution in [0.5, 0.6) is 0 Å². The van der Waals surface area contributed by atoms with Crippen molar-refractivity contribution in [2.45, 2.75) is 25.0 Å². The second-order valence-corrected chi connectivity index (χ2v) is 3.45. The standard InChI is InChI=1S/C8H17NO2/c1-9(2)5-8-4-3-7(10)6-11-8/h7-8,10H,3-6H2,1-2H3. The number of rotatable bonds is 2. The number of ether oxygens (including phenoxy) is 1. The third-order valence-corrected chi connectivity index (χ3v) is 1.91. The number of nitrogens with zero attached hydrogens (tertiary/aromatic N) is 1. The molecule has 3 heteroatoms. The second-order valence-electron chi connectivity index (χ2n) is 3.45. The van der Waals surface area contributed by atoms with Crippen molar-refractivity contribution in [3.8, 4) is 0 Å². The van der Waals surface area contributed by atoms with Gasteiger partial charge >= 0.3 is 0 Å². The summed E-state index contributed by atoms with van der Waals surface area (Å²) in [6.07, 6.45) is 1.97. The lowest BCUT2D eigenvalue weighted by Crippen LogP contribution is -2.35. The molecule has 1 rings (SSSR count). The third-order valence-electron chi connectivity index (χ3n) is 1.91. The van der Waals surface area contributed by atoms with Crippen LogP contribution in [0.4, 0.5) is 0 Å². The highest BCUT2D eigenvalue weighted by Gasteiger charge is 2.19. The van der Waals surface area contributed by atoms with Crippen molar-refractivity contribution < 1.29 is 9.84 Å². The zero-order valence-corrected chi connectivity index (χ0v) is 7.29. The van der Waals surface area contributed by atoms with Crippen molar-refractivity contribution >= 4 is 0 Å². The first kappa shape index (κ1) is 8.97. The van der Waals surface area contributed by atoms with E-state index < -0.39 is 0 Å². The summed E-state index contributed by atoms with van der Waals surface area (Å²) < 4.78 is 5.41. The van der Waals surface area contributed by atoms with Gasteiger partial charge in [0.15, 0.2) is 0 Å². The van der Waals surface area contributed by atoms with Crippen molar-refractivity contribution in [2.75, 3.05) is 27.2 Å². The van der Waals surface area contributed by atoms with E-state index in [1.54, 1.807) is 0 Å². The molecule has 1 aliphatic rings. The van der Waals surface area contributed by atoms with Crippen LogP contribution >= 0.6 is 0 Å². The molecule has 0 aromatic rings. The highest BCUT2D eigenvalue weighted by molar-refractivity contribution is 4.70. The normalized spacial score (nSPS) is 32.7. The van der Waals surface area contributed by atoms with Gasteiger partial charge < -0.3 is 14.7 Å². The molecule has 1 aliphatic heterocycles. The minimum absolute atomic E-state index is 0.228. The van der Waals surface area contributed by atoms with Crippen molar-refractivity contribution in [1.29, 1.82) is 0 Å². The summed E-state index contributed by atoms with van der Waals surface area (Å²) in [7, 11) is 4.07. The van der Waals surface area contributed by atoms with Gasteiger partial charge in [0.05, 0.1) is 18.8 Å². The summed E-state index contributed by atoms with van der Waals surface area (Å²) >= 11 is 0. The lowest BCUT2D eigenvalue weighted by molar-refractivity contribution is -0.0621. The Morgan fingerprint density at radius 3 is 2.64 bits per heavy atom.